The van der Waals surface area contributed by atoms with Crippen molar-refractivity contribution in [3.63, 3.8) is 0 Å². The van der Waals surface area contributed by atoms with Crippen molar-refractivity contribution in [3.8, 4) is 0 Å². The highest BCUT2D eigenvalue weighted by atomic mass is 35.5. The molecule has 2 atom stereocenters. The van der Waals surface area contributed by atoms with E-state index in [1.807, 2.05) is 0 Å². The molecule has 0 saturated heterocycles. The first-order chi connectivity index (χ1) is 9.74. The second-order valence-electron chi connectivity index (χ2n) is 5.17. The minimum atomic E-state index is -3.94. The molecule has 1 aromatic carbocycles. The maximum atomic E-state index is 12.3. The maximum absolute atomic E-state index is 12.3. The summed E-state index contributed by atoms with van der Waals surface area (Å²) in [5, 5.41) is 5.02. The number of hydrogen-bond acceptors (Lipinski definition) is 5. The number of nitrogens with two attached hydrogens (primary N) is 2. The number of sulfonamides is 2. The lowest BCUT2D eigenvalue weighted by molar-refractivity contribution is 0.453. The van der Waals surface area contributed by atoms with Crippen LogP contribution < -0.4 is 15.6 Å². The minimum Gasteiger partial charge on any atom is -0.330 e. The first kappa shape index (κ1) is 19.3. The summed E-state index contributed by atoms with van der Waals surface area (Å²) >= 11 is 0. The Hall–Kier alpha value is -0.710. The molecule has 0 radical (unpaired) electrons. The van der Waals surface area contributed by atoms with E-state index in [4.69, 9.17) is 10.9 Å². The van der Waals surface area contributed by atoms with Gasteiger partial charge in [0.05, 0.1) is 9.79 Å². The Labute approximate surface area is 137 Å². The van der Waals surface area contributed by atoms with Crippen LogP contribution in [-0.4, -0.2) is 29.4 Å². The van der Waals surface area contributed by atoms with E-state index in [9.17, 15) is 16.8 Å². The van der Waals surface area contributed by atoms with Crippen LogP contribution in [0.15, 0.2) is 34.1 Å². The summed E-state index contributed by atoms with van der Waals surface area (Å²) in [5.41, 5.74) is 5.63. The van der Waals surface area contributed by atoms with E-state index in [1.54, 1.807) is 0 Å². The summed E-state index contributed by atoms with van der Waals surface area (Å²) in [6.07, 6.45) is 2.54. The van der Waals surface area contributed by atoms with Gasteiger partial charge in [0.15, 0.2) is 0 Å². The van der Waals surface area contributed by atoms with Crippen LogP contribution in [-0.2, 0) is 20.0 Å². The second-order valence-corrected chi connectivity index (χ2v) is 8.45. The summed E-state index contributed by atoms with van der Waals surface area (Å²) in [7, 11) is -7.74. The Balaban J connectivity index is 0.00000242. The third-order valence-electron chi connectivity index (χ3n) is 3.71. The van der Waals surface area contributed by atoms with Gasteiger partial charge in [-0.15, -0.1) is 12.4 Å². The fourth-order valence-electron chi connectivity index (χ4n) is 2.56. The lowest BCUT2D eigenvalue weighted by Gasteiger charge is -2.19. The van der Waals surface area contributed by atoms with Crippen LogP contribution >= 0.6 is 12.4 Å². The molecule has 0 aliphatic heterocycles. The highest BCUT2D eigenvalue weighted by molar-refractivity contribution is 7.90. The lowest BCUT2D eigenvalue weighted by atomic mass is 10.1. The van der Waals surface area contributed by atoms with Crippen molar-refractivity contribution < 1.29 is 16.8 Å². The van der Waals surface area contributed by atoms with Gasteiger partial charge in [-0.25, -0.2) is 26.7 Å². The monoisotopic (exact) mass is 369 g/mol. The summed E-state index contributed by atoms with van der Waals surface area (Å²) < 4.78 is 49.9. The standard InChI is InChI=1S/C12H19N3O4S2.ClH/c13-8-9-3-1-6-12(9)15-21(18,19)11-5-2-4-10(7-11)20(14,16)17;/h2,4-5,7,9,12,15H,1,3,6,8,13H2,(H2,14,16,17);1H. The topological polar surface area (TPSA) is 132 Å². The zero-order valence-electron chi connectivity index (χ0n) is 11.8. The zero-order valence-corrected chi connectivity index (χ0v) is 14.3. The molecular formula is C12H20ClN3O4S2. The molecule has 0 amide bonds. The number of benzene rings is 1. The molecule has 0 aromatic heterocycles. The normalized spacial score (nSPS) is 22.3. The van der Waals surface area contributed by atoms with E-state index >= 15 is 0 Å². The van der Waals surface area contributed by atoms with Gasteiger partial charge < -0.3 is 5.73 Å². The molecule has 1 fully saturated rings. The molecule has 0 spiro atoms. The SMILES string of the molecule is Cl.NCC1CCCC1NS(=O)(=O)c1cccc(S(N)(=O)=O)c1. The highest BCUT2D eigenvalue weighted by Crippen LogP contribution is 2.26. The lowest BCUT2D eigenvalue weighted by Crippen LogP contribution is -2.39. The predicted octanol–water partition coefficient (Wildman–Crippen LogP) is 0.162. The Morgan fingerprint density at radius 1 is 1.14 bits per heavy atom. The minimum absolute atomic E-state index is 0. The first-order valence-corrected chi connectivity index (χ1v) is 9.62. The van der Waals surface area contributed by atoms with Gasteiger partial charge in [0.2, 0.25) is 20.0 Å². The van der Waals surface area contributed by atoms with Crippen molar-refractivity contribution in [2.75, 3.05) is 6.54 Å². The van der Waals surface area contributed by atoms with Gasteiger partial charge in [0.25, 0.3) is 0 Å². The van der Waals surface area contributed by atoms with E-state index in [2.05, 4.69) is 4.72 Å². The molecule has 2 rings (SSSR count). The number of primary sulfonamides is 1. The van der Waals surface area contributed by atoms with E-state index in [1.165, 1.54) is 18.2 Å². The molecule has 0 heterocycles. The number of hydrogen-bond donors (Lipinski definition) is 3. The Kier molecular flexibility index (Phi) is 6.36. The van der Waals surface area contributed by atoms with Gasteiger partial charge in [-0.2, -0.15) is 0 Å². The molecule has 1 aliphatic carbocycles. The Morgan fingerprint density at radius 2 is 1.77 bits per heavy atom. The van der Waals surface area contributed by atoms with E-state index in [0.717, 1.165) is 25.3 Å². The summed E-state index contributed by atoms with van der Waals surface area (Å²) in [6, 6.07) is 4.79. The van der Waals surface area contributed by atoms with Crippen LogP contribution in [0, 0.1) is 5.92 Å². The smallest absolute Gasteiger partial charge is 0.240 e. The largest absolute Gasteiger partial charge is 0.330 e. The average Bonchev–Trinajstić information content (AvgIpc) is 2.84. The Morgan fingerprint density at radius 3 is 2.36 bits per heavy atom. The number of nitrogens with one attached hydrogen (secondary N) is 1. The molecule has 126 valence electrons. The fraction of sp³-hybridized carbons (Fsp3) is 0.500. The van der Waals surface area contributed by atoms with Crippen molar-refractivity contribution in [2.45, 2.75) is 35.1 Å². The van der Waals surface area contributed by atoms with Gasteiger partial charge in [-0.05, 0) is 43.5 Å². The van der Waals surface area contributed by atoms with E-state index in [-0.39, 0.29) is 34.2 Å². The van der Waals surface area contributed by atoms with Crippen LogP contribution in [0.4, 0.5) is 0 Å². The maximum Gasteiger partial charge on any atom is 0.240 e. The molecule has 0 bridgehead atoms. The van der Waals surface area contributed by atoms with Crippen molar-refractivity contribution >= 4 is 32.5 Å². The summed E-state index contributed by atoms with van der Waals surface area (Å²) in [6.45, 7) is 0.421. The molecule has 1 aliphatic rings. The Bertz CT molecular complexity index is 722. The van der Waals surface area contributed by atoms with Crippen molar-refractivity contribution in [3.05, 3.63) is 24.3 Å². The van der Waals surface area contributed by atoms with Crippen molar-refractivity contribution in [1.29, 1.82) is 0 Å². The summed E-state index contributed by atoms with van der Waals surface area (Å²) in [5.74, 6) is 0.112. The molecule has 2 unspecified atom stereocenters. The van der Waals surface area contributed by atoms with Crippen LogP contribution in [0.3, 0.4) is 0 Å². The van der Waals surface area contributed by atoms with Crippen LogP contribution in [0.25, 0.3) is 0 Å². The first-order valence-electron chi connectivity index (χ1n) is 6.59. The van der Waals surface area contributed by atoms with Crippen molar-refractivity contribution in [1.82, 2.24) is 4.72 Å². The number of halogens is 1. The van der Waals surface area contributed by atoms with Gasteiger partial charge in [-0.3, -0.25) is 0 Å². The molecule has 5 N–H and O–H groups in total. The van der Waals surface area contributed by atoms with Gasteiger partial charge in [0.1, 0.15) is 0 Å². The average molecular weight is 370 g/mol. The molecule has 7 nitrogen and oxygen atoms in total. The third kappa shape index (κ3) is 4.40. The van der Waals surface area contributed by atoms with Crippen LogP contribution in [0.2, 0.25) is 0 Å². The van der Waals surface area contributed by atoms with Crippen LogP contribution in [0.1, 0.15) is 19.3 Å². The van der Waals surface area contributed by atoms with Gasteiger partial charge in [0, 0.05) is 6.04 Å². The highest BCUT2D eigenvalue weighted by Gasteiger charge is 2.30. The fourth-order valence-corrected chi connectivity index (χ4v) is 4.58. The second kappa shape index (κ2) is 7.24. The van der Waals surface area contributed by atoms with Gasteiger partial charge >= 0.3 is 0 Å². The van der Waals surface area contributed by atoms with Gasteiger partial charge in [-0.1, -0.05) is 12.5 Å². The molecular weight excluding hydrogens is 350 g/mol. The van der Waals surface area contributed by atoms with E-state index < -0.39 is 20.0 Å². The quantitative estimate of drug-likeness (QED) is 0.680. The summed E-state index contributed by atoms with van der Waals surface area (Å²) in [4.78, 5) is -0.344. The third-order valence-corrected chi connectivity index (χ3v) is 6.11. The molecule has 22 heavy (non-hydrogen) atoms. The van der Waals surface area contributed by atoms with Crippen molar-refractivity contribution in [2.24, 2.45) is 16.8 Å². The molecule has 1 saturated carbocycles. The predicted molar refractivity (Wildman–Crippen MR) is 85.6 cm³/mol. The molecule has 10 heteroatoms. The number of rotatable bonds is 5. The van der Waals surface area contributed by atoms with E-state index in [0.29, 0.717) is 6.54 Å². The molecule has 1 aromatic rings. The van der Waals surface area contributed by atoms with Crippen LogP contribution in [0.5, 0.6) is 0 Å². The zero-order chi connectivity index (χ0) is 15.7.